The Morgan fingerprint density at radius 2 is 1.90 bits per heavy atom. The Bertz CT molecular complexity index is 102. The summed E-state index contributed by atoms with van der Waals surface area (Å²) in [6.07, 6.45) is 5.84. The van der Waals surface area contributed by atoms with Crippen LogP contribution in [0.1, 0.15) is 25.7 Å². The topological polar surface area (TPSA) is 18.5 Å². The molecule has 58 valence electrons. The number of hydrogen-bond donors (Lipinski definition) is 0. The molecule has 2 heterocycles. The van der Waals surface area contributed by atoms with E-state index in [1.54, 1.807) is 0 Å². The summed E-state index contributed by atoms with van der Waals surface area (Å²) < 4.78 is 11.1. The largest absolute Gasteiger partial charge is 0.379 e. The van der Waals surface area contributed by atoms with E-state index in [1.165, 1.54) is 25.7 Å². The van der Waals surface area contributed by atoms with Gasteiger partial charge in [0.15, 0.2) is 0 Å². The molecule has 2 unspecified atom stereocenters. The van der Waals surface area contributed by atoms with Gasteiger partial charge in [-0.3, -0.25) is 0 Å². The third kappa shape index (κ3) is 1.32. The predicted molar refractivity (Wildman–Crippen MR) is 37.9 cm³/mol. The van der Waals surface area contributed by atoms with E-state index in [2.05, 4.69) is 0 Å². The highest BCUT2D eigenvalue weighted by molar-refractivity contribution is 4.74. The Kier molecular flexibility index (Phi) is 1.91. The molecule has 0 aromatic heterocycles. The molecule has 0 aromatic carbocycles. The van der Waals surface area contributed by atoms with Crippen LogP contribution >= 0.6 is 0 Å². The Balaban J connectivity index is 1.91. The lowest BCUT2D eigenvalue weighted by atomic mass is 10.1. The van der Waals surface area contributed by atoms with E-state index in [0.29, 0.717) is 12.2 Å². The molecule has 0 aromatic rings. The molecule has 0 spiro atoms. The van der Waals surface area contributed by atoms with Crippen LogP contribution in [0.3, 0.4) is 0 Å². The number of ether oxygens (including phenoxy) is 2. The molecule has 10 heavy (non-hydrogen) atoms. The maximum atomic E-state index is 5.68. The van der Waals surface area contributed by atoms with Gasteiger partial charge < -0.3 is 9.47 Å². The molecule has 2 heteroatoms. The number of fused-ring (bicyclic) bond motifs is 2. The summed E-state index contributed by atoms with van der Waals surface area (Å²) in [5.41, 5.74) is 0. The molecular formula is C8H14O2. The first-order valence-corrected chi connectivity index (χ1v) is 4.18. The molecule has 2 saturated heterocycles. The summed E-state index contributed by atoms with van der Waals surface area (Å²) in [5, 5.41) is 0. The molecule has 0 saturated carbocycles. The van der Waals surface area contributed by atoms with Crippen LogP contribution < -0.4 is 0 Å². The number of rotatable bonds is 0. The van der Waals surface area contributed by atoms with Crippen molar-refractivity contribution in [3.63, 3.8) is 0 Å². The summed E-state index contributed by atoms with van der Waals surface area (Å²) in [6, 6.07) is 0. The summed E-state index contributed by atoms with van der Waals surface area (Å²) >= 11 is 0. The Morgan fingerprint density at radius 3 is 2.90 bits per heavy atom. The monoisotopic (exact) mass is 142 g/mol. The van der Waals surface area contributed by atoms with Gasteiger partial charge in [-0.25, -0.2) is 0 Å². The van der Waals surface area contributed by atoms with Crippen LogP contribution in [0.25, 0.3) is 0 Å². The van der Waals surface area contributed by atoms with Crippen LogP contribution in [0, 0.1) is 0 Å². The molecule has 2 atom stereocenters. The van der Waals surface area contributed by atoms with E-state index in [0.717, 1.165) is 13.2 Å². The van der Waals surface area contributed by atoms with Gasteiger partial charge in [0.1, 0.15) is 0 Å². The average molecular weight is 142 g/mol. The third-order valence-electron chi connectivity index (χ3n) is 2.31. The molecule has 0 amide bonds. The fraction of sp³-hybridized carbons (Fsp3) is 1.00. The molecule has 0 radical (unpaired) electrons. The van der Waals surface area contributed by atoms with E-state index in [4.69, 9.17) is 9.47 Å². The van der Waals surface area contributed by atoms with Gasteiger partial charge in [0.25, 0.3) is 0 Å². The zero-order valence-electron chi connectivity index (χ0n) is 6.21. The van der Waals surface area contributed by atoms with E-state index in [1.807, 2.05) is 0 Å². The van der Waals surface area contributed by atoms with Crippen LogP contribution in [0.4, 0.5) is 0 Å². The van der Waals surface area contributed by atoms with Crippen molar-refractivity contribution in [3.8, 4) is 0 Å². The van der Waals surface area contributed by atoms with Crippen molar-refractivity contribution in [2.24, 2.45) is 0 Å². The van der Waals surface area contributed by atoms with Gasteiger partial charge in [0.2, 0.25) is 0 Å². The van der Waals surface area contributed by atoms with Crippen molar-refractivity contribution in [2.45, 2.75) is 37.9 Å². The second-order valence-corrected chi connectivity index (χ2v) is 3.17. The lowest BCUT2D eigenvalue weighted by Gasteiger charge is -2.17. The fourth-order valence-corrected chi connectivity index (χ4v) is 1.74. The highest BCUT2D eigenvalue weighted by Crippen LogP contribution is 2.24. The van der Waals surface area contributed by atoms with Gasteiger partial charge in [0, 0.05) is 6.61 Å². The van der Waals surface area contributed by atoms with Crippen LogP contribution in [0.2, 0.25) is 0 Å². The Morgan fingerprint density at radius 1 is 1.00 bits per heavy atom. The van der Waals surface area contributed by atoms with Gasteiger partial charge in [-0.2, -0.15) is 0 Å². The molecule has 0 N–H and O–H groups in total. The molecule has 2 nitrogen and oxygen atoms in total. The summed E-state index contributed by atoms with van der Waals surface area (Å²) in [5.74, 6) is 0. The second-order valence-electron chi connectivity index (χ2n) is 3.17. The first kappa shape index (κ1) is 6.62. The minimum absolute atomic E-state index is 0.422. The van der Waals surface area contributed by atoms with E-state index < -0.39 is 0 Å². The third-order valence-corrected chi connectivity index (χ3v) is 2.31. The van der Waals surface area contributed by atoms with Crippen molar-refractivity contribution in [3.05, 3.63) is 0 Å². The molecule has 0 aliphatic carbocycles. The Labute approximate surface area is 61.5 Å². The predicted octanol–water partition coefficient (Wildman–Crippen LogP) is 1.34. The van der Waals surface area contributed by atoms with Crippen molar-refractivity contribution in [2.75, 3.05) is 13.2 Å². The zero-order chi connectivity index (χ0) is 6.81. The van der Waals surface area contributed by atoms with Gasteiger partial charge in [0.05, 0.1) is 18.8 Å². The maximum Gasteiger partial charge on any atom is 0.0813 e. The summed E-state index contributed by atoms with van der Waals surface area (Å²) in [4.78, 5) is 0. The lowest BCUT2D eigenvalue weighted by molar-refractivity contribution is -0.0390. The molecular weight excluding hydrogens is 128 g/mol. The van der Waals surface area contributed by atoms with E-state index >= 15 is 0 Å². The molecule has 2 aliphatic rings. The van der Waals surface area contributed by atoms with Crippen LogP contribution in [0.5, 0.6) is 0 Å². The van der Waals surface area contributed by atoms with Gasteiger partial charge >= 0.3 is 0 Å². The standard InChI is InChI=1S/C8H14O2/c1-2-7-3-4-8(10-7)6-9-5-1/h7-8H,1-6H2. The SMILES string of the molecule is C1COCC2CCC(C1)O2. The zero-order valence-corrected chi connectivity index (χ0v) is 6.21. The van der Waals surface area contributed by atoms with Gasteiger partial charge in [-0.05, 0) is 25.7 Å². The van der Waals surface area contributed by atoms with E-state index in [9.17, 15) is 0 Å². The quantitative estimate of drug-likeness (QED) is 0.508. The molecule has 2 bridgehead atoms. The minimum Gasteiger partial charge on any atom is -0.379 e. The van der Waals surface area contributed by atoms with Crippen LogP contribution in [-0.2, 0) is 9.47 Å². The second kappa shape index (κ2) is 2.89. The highest BCUT2D eigenvalue weighted by Gasteiger charge is 2.26. The first-order valence-electron chi connectivity index (χ1n) is 4.18. The van der Waals surface area contributed by atoms with Crippen LogP contribution in [-0.4, -0.2) is 25.4 Å². The average Bonchev–Trinajstić information content (AvgIpc) is 2.30. The van der Waals surface area contributed by atoms with Crippen LogP contribution in [0.15, 0.2) is 0 Å². The first-order chi connectivity index (χ1) is 4.95. The normalized spacial score (nSPS) is 40.8. The molecule has 2 aliphatic heterocycles. The number of hydrogen-bond acceptors (Lipinski definition) is 2. The summed E-state index contributed by atoms with van der Waals surface area (Å²) in [7, 11) is 0. The smallest absolute Gasteiger partial charge is 0.0813 e. The molecule has 2 rings (SSSR count). The molecule has 2 fully saturated rings. The minimum atomic E-state index is 0.422. The van der Waals surface area contributed by atoms with E-state index in [-0.39, 0.29) is 0 Å². The lowest BCUT2D eigenvalue weighted by Crippen LogP contribution is -2.20. The van der Waals surface area contributed by atoms with Crippen molar-refractivity contribution in [1.82, 2.24) is 0 Å². The van der Waals surface area contributed by atoms with Gasteiger partial charge in [-0.1, -0.05) is 0 Å². The Hall–Kier alpha value is -0.0800. The van der Waals surface area contributed by atoms with Crippen molar-refractivity contribution in [1.29, 1.82) is 0 Å². The van der Waals surface area contributed by atoms with Gasteiger partial charge in [-0.15, -0.1) is 0 Å². The summed E-state index contributed by atoms with van der Waals surface area (Å²) in [6.45, 7) is 1.77. The maximum absolute atomic E-state index is 5.68. The van der Waals surface area contributed by atoms with Crippen molar-refractivity contribution >= 4 is 0 Å². The van der Waals surface area contributed by atoms with Crippen molar-refractivity contribution < 1.29 is 9.47 Å². The highest BCUT2D eigenvalue weighted by atomic mass is 16.5. The fourth-order valence-electron chi connectivity index (χ4n) is 1.74.